The first-order chi connectivity index (χ1) is 14.3. The summed E-state index contributed by atoms with van der Waals surface area (Å²) in [5, 5.41) is 10.2. The number of aromatic nitrogens is 2. The summed E-state index contributed by atoms with van der Waals surface area (Å²) < 4.78 is 6.96. The first-order valence-corrected chi connectivity index (χ1v) is 9.65. The fourth-order valence-electron chi connectivity index (χ4n) is 2.95. The van der Waals surface area contributed by atoms with Gasteiger partial charge in [0.25, 0.3) is 5.91 Å². The van der Waals surface area contributed by atoms with E-state index in [9.17, 15) is 9.59 Å². The molecule has 2 aromatic carbocycles. The first-order valence-electron chi connectivity index (χ1n) is 9.65. The van der Waals surface area contributed by atoms with Crippen LogP contribution in [0.3, 0.4) is 0 Å². The molecule has 2 N–H and O–H groups in total. The minimum Gasteiger partial charge on any atom is -0.497 e. The van der Waals surface area contributed by atoms with Crippen LogP contribution in [-0.2, 0) is 4.79 Å². The van der Waals surface area contributed by atoms with Crippen molar-refractivity contribution >= 4 is 11.8 Å². The predicted octanol–water partition coefficient (Wildman–Crippen LogP) is 3.19. The van der Waals surface area contributed by atoms with Gasteiger partial charge in [-0.05, 0) is 45.0 Å². The molecular weight excluding hydrogens is 380 g/mol. The van der Waals surface area contributed by atoms with E-state index in [1.165, 1.54) is 0 Å². The third kappa shape index (κ3) is 5.26. The van der Waals surface area contributed by atoms with Gasteiger partial charge in [-0.1, -0.05) is 30.3 Å². The second-order valence-corrected chi connectivity index (χ2v) is 7.88. The summed E-state index contributed by atoms with van der Waals surface area (Å²) in [6.07, 6.45) is 1.67. The molecule has 7 nitrogen and oxygen atoms in total. The maximum Gasteiger partial charge on any atom is 0.255 e. The van der Waals surface area contributed by atoms with Crippen molar-refractivity contribution in [2.24, 2.45) is 0 Å². The monoisotopic (exact) mass is 406 g/mol. The van der Waals surface area contributed by atoms with Crippen molar-refractivity contribution in [3.05, 3.63) is 66.4 Å². The molecule has 30 heavy (non-hydrogen) atoms. The molecule has 0 saturated carbocycles. The molecule has 0 aliphatic heterocycles. The van der Waals surface area contributed by atoms with Crippen molar-refractivity contribution in [1.82, 2.24) is 20.4 Å². The van der Waals surface area contributed by atoms with E-state index in [4.69, 9.17) is 4.74 Å². The number of carbonyl (C=O) groups is 2. The standard InChI is InChI=1S/C23H26N4O3/c1-23(2,3)25-20(28)14-24-22(29)19-15-27(17-10-6-5-7-11-17)26-21(19)16-9-8-12-18(13-16)30-4/h5-13,15H,14H2,1-4H3,(H,24,29)(H,25,28). The minimum atomic E-state index is -0.376. The zero-order valence-corrected chi connectivity index (χ0v) is 17.6. The lowest BCUT2D eigenvalue weighted by Gasteiger charge is -2.20. The maximum atomic E-state index is 12.9. The van der Waals surface area contributed by atoms with E-state index in [-0.39, 0.29) is 23.9 Å². The molecular formula is C23H26N4O3. The molecule has 0 radical (unpaired) electrons. The lowest BCUT2D eigenvalue weighted by atomic mass is 10.1. The van der Waals surface area contributed by atoms with Crippen LogP contribution in [0.1, 0.15) is 31.1 Å². The van der Waals surface area contributed by atoms with Gasteiger partial charge in [0.05, 0.1) is 24.9 Å². The first kappa shape index (κ1) is 21.1. The molecule has 7 heteroatoms. The Morgan fingerprint density at radius 2 is 1.80 bits per heavy atom. The smallest absolute Gasteiger partial charge is 0.255 e. The van der Waals surface area contributed by atoms with Crippen LogP contribution >= 0.6 is 0 Å². The number of methoxy groups -OCH3 is 1. The Kier molecular flexibility index (Phi) is 6.20. The van der Waals surface area contributed by atoms with Gasteiger partial charge in [0.15, 0.2) is 0 Å². The minimum absolute atomic E-state index is 0.121. The summed E-state index contributed by atoms with van der Waals surface area (Å²) in [6.45, 7) is 5.54. The number of rotatable bonds is 6. The average molecular weight is 406 g/mol. The largest absolute Gasteiger partial charge is 0.497 e. The molecule has 1 heterocycles. The highest BCUT2D eigenvalue weighted by Gasteiger charge is 2.20. The van der Waals surface area contributed by atoms with Gasteiger partial charge in [-0.25, -0.2) is 4.68 Å². The fourth-order valence-corrected chi connectivity index (χ4v) is 2.95. The van der Waals surface area contributed by atoms with Crippen LogP contribution < -0.4 is 15.4 Å². The van der Waals surface area contributed by atoms with Gasteiger partial charge in [0.2, 0.25) is 5.91 Å². The van der Waals surface area contributed by atoms with Gasteiger partial charge < -0.3 is 15.4 Å². The number of para-hydroxylation sites is 1. The van der Waals surface area contributed by atoms with E-state index in [2.05, 4.69) is 15.7 Å². The van der Waals surface area contributed by atoms with Gasteiger partial charge in [-0.15, -0.1) is 0 Å². The second-order valence-electron chi connectivity index (χ2n) is 7.88. The third-order valence-electron chi connectivity index (χ3n) is 4.25. The quantitative estimate of drug-likeness (QED) is 0.658. The highest BCUT2D eigenvalue weighted by molar-refractivity contribution is 6.01. The summed E-state index contributed by atoms with van der Waals surface area (Å²) in [5.74, 6) is 0.0333. The molecule has 0 unspecified atom stereocenters. The predicted molar refractivity (Wildman–Crippen MR) is 116 cm³/mol. The molecule has 0 atom stereocenters. The molecule has 0 fully saturated rings. The Labute approximate surface area is 176 Å². The SMILES string of the molecule is COc1cccc(-c2nn(-c3ccccc3)cc2C(=O)NCC(=O)NC(C)(C)C)c1. The molecule has 156 valence electrons. The molecule has 1 aromatic heterocycles. The Morgan fingerprint density at radius 1 is 1.07 bits per heavy atom. The average Bonchev–Trinajstić information content (AvgIpc) is 3.17. The number of amides is 2. The molecule has 0 bridgehead atoms. The normalized spacial score (nSPS) is 11.1. The van der Waals surface area contributed by atoms with Crippen molar-refractivity contribution < 1.29 is 14.3 Å². The summed E-state index contributed by atoms with van der Waals surface area (Å²) in [7, 11) is 1.59. The zero-order valence-electron chi connectivity index (χ0n) is 17.6. The second kappa shape index (κ2) is 8.82. The van der Waals surface area contributed by atoms with E-state index in [0.29, 0.717) is 17.0 Å². The van der Waals surface area contributed by atoms with E-state index < -0.39 is 0 Å². The third-order valence-corrected chi connectivity index (χ3v) is 4.25. The summed E-state index contributed by atoms with van der Waals surface area (Å²) in [4.78, 5) is 25.0. The lowest BCUT2D eigenvalue weighted by Crippen LogP contribution is -2.45. The summed E-state index contributed by atoms with van der Waals surface area (Å²) >= 11 is 0. The van der Waals surface area contributed by atoms with Gasteiger partial charge in [-0.3, -0.25) is 9.59 Å². The number of hydrogen-bond donors (Lipinski definition) is 2. The Hall–Kier alpha value is -3.61. The lowest BCUT2D eigenvalue weighted by molar-refractivity contribution is -0.121. The fraction of sp³-hybridized carbons (Fsp3) is 0.261. The molecule has 3 aromatic rings. The van der Waals surface area contributed by atoms with Crippen LogP contribution in [0.2, 0.25) is 0 Å². The van der Waals surface area contributed by atoms with Gasteiger partial charge in [-0.2, -0.15) is 5.10 Å². The highest BCUT2D eigenvalue weighted by Crippen LogP contribution is 2.27. The Morgan fingerprint density at radius 3 is 2.47 bits per heavy atom. The summed E-state index contributed by atoms with van der Waals surface area (Å²) in [6, 6.07) is 16.9. The van der Waals surface area contributed by atoms with Crippen LogP contribution in [0.15, 0.2) is 60.8 Å². The molecule has 0 aliphatic rings. The van der Waals surface area contributed by atoms with E-state index in [1.54, 1.807) is 18.0 Å². The molecule has 2 amide bonds. The van der Waals surface area contributed by atoms with Crippen LogP contribution in [-0.4, -0.2) is 40.8 Å². The molecule has 3 rings (SSSR count). The number of nitrogens with one attached hydrogen (secondary N) is 2. The zero-order chi connectivity index (χ0) is 21.7. The number of hydrogen-bond acceptors (Lipinski definition) is 4. The van der Waals surface area contributed by atoms with Gasteiger partial charge >= 0.3 is 0 Å². The van der Waals surface area contributed by atoms with Crippen LogP contribution in [0.5, 0.6) is 5.75 Å². The van der Waals surface area contributed by atoms with Crippen LogP contribution in [0.4, 0.5) is 0 Å². The molecule has 0 saturated heterocycles. The Bertz CT molecular complexity index is 1040. The number of benzene rings is 2. The number of carbonyl (C=O) groups excluding carboxylic acids is 2. The van der Waals surface area contributed by atoms with Crippen molar-refractivity contribution in [1.29, 1.82) is 0 Å². The van der Waals surface area contributed by atoms with Gasteiger partial charge in [0, 0.05) is 17.3 Å². The van der Waals surface area contributed by atoms with Crippen molar-refractivity contribution in [3.8, 4) is 22.7 Å². The molecule has 0 aliphatic carbocycles. The number of nitrogens with zero attached hydrogens (tertiary/aromatic N) is 2. The van der Waals surface area contributed by atoms with Crippen LogP contribution in [0, 0.1) is 0 Å². The van der Waals surface area contributed by atoms with E-state index >= 15 is 0 Å². The van der Waals surface area contributed by atoms with E-state index in [1.807, 2.05) is 75.4 Å². The Balaban J connectivity index is 1.92. The van der Waals surface area contributed by atoms with Gasteiger partial charge in [0.1, 0.15) is 11.4 Å². The highest BCUT2D eigenvalue weighted by atomic mass is 16.5. The summed E-state index contributed by atoms with van der Waals surface area (Å²) in [5.41, 5.74) is 2.08. The molecule has 0 spiro atoms. The topological polar surface area (TPSA) is 85.2 Å². The van der Waals surface area contributed by atoms with E-state index in [0.717, 1.165) is 11.3 Å². The van der Waals surface area contributed by atoms with Crippen molar-refractivity contribution in [2.75, 3.05) is 13.7 Å². The maximum absolute atomic E-state index is 12.9. The van der Waals surface area contributed by atoms with Crippen LogP contribution in [0.25, 0.3) is 16.9 Å². The number of ether oxygens (including phenoxy) is 1. The van der Waals surface area contributed by atoms with Crippen molar-refractivity contribution in [3.63, 3.8) is 0 Å². The van der Waals surface area contributed by atoms with Crippen molar-refractivity contribution in [2.45, 2.75) is 26.3 Å².